The maximum absolute atomic E-state index is 12.2. The third kappa shape index (κ3) is 4.88. The van der Waals surface area contributed by atoms with E-state index in [9.17, 15) is 18.0 Å². The van der Waals surface area contributed by atoms with E-state index < -0.39 is 10.0 Å². The van der Waals surface area contributed by atoms with Gasteiger partial charge in [-0.1, -0.05) is 23.5 Å². The van der Waals surface area contributed by atoms with Gasteiger partial charge in [0.05, 0.1) is 21.5 Å². The Bertz CT molecular complexity index is 1120. The number of aromatic nitrogens is 1. The zero-order valence-corrected chi connectivity index (χ0v) is 15.9. The highest BCUT2D eigenvalue weighted by atomic mass is 32.2. The number of amides is 2. The van der Waals surface area contributed by atoms with Crippen LogP contribution in [0.3, 0.4) is 0 Å². The van der Waals surface area contributed by atoms with Crippen LogP contribution < -0.4 is 15.8 Å². The van der Waals surface area contributed by atoms with E-state index in [1.807, 2.05) is 0 Å². The minimum atomic E-state index is -3.75. The second kappa shape index (κ2) is 7.43. The molecule has 10 heteroatoms. The van der Waals surface area contributed by atoms with E-state index in [-0.39, 0.29) is 23.1 Å². The molecule has 2 aromatic carbocycles. The normalized spacial score (nSPS) is 11.3. The summed E-state index contributed by atoms with van der Waals surface area (Å²) in [6, 6.07) is 11.1. The summed E-state index contributed by atoms with van der Waals surface area (Å²) in [4.78, 5) is 27.6. The number of hydrogen-bond acceptors (Lipinski definition) is 6. The van der Waals surface area contributed by atoms with Gasteiger partial charge in [0, 0.05) is 12.6 Å². The number of anilines is 2. The summed E-state index contributed by atoms with van der Waals surface area (Å²) in [6.07, 6.45) is 0.0861. The smallest absolute Gasteiger partial charge is 0.238 e. The third-order valence-corrected chi connectivity index (χ3v) is 5.43. The van der Waals surface area contributed by atoms with Gasteiger partial charge in [-0.2, -0.15) is 0 Å². The molecule has 0 bridgehead atoms. The zero-order valence-electron chi connectivity index (χ0n) is 14.2. The number of sulfonamides is 1. The second-order valence-electron chi connectivity index (χ2n) is 5.80. The monoisotopic (exact) mass is 404 g/mol. The Morgan fingerprint density at radius 3 is 2.44 bits per heavy atom. The first-order chi connectivity index (χ1) is 12.7. The van der Waals surface area contributed by atoms with Crippen molar-refractivity contribution in [2.75, 3.05) is 10.6 Å². The summed E-state index contributed by atoms with van der Waals surface area (Å²) >= 11 is 1.31. The molecular formula is C17H16N4O4S2. The quantitative estimate of drug-likeness (QED) is 0.599. The second-order valence-corrected chi connectivity index (χ2v) is 8.39. The number of nitrogens with two attached hydrogens (primary N) is 1. The summed E-state index contributed by atoms with van der Waals surface area (Å²) in [5.41, 5.74) is 1.98. The molecule has 1 heterocycles. The summed E-state index contributed by atoms with van der Waals surface area (Å²) < 4.78 is 23.3. The van der Waals surface area contributed by atoms with Gasteiger partial charge in [0.2, 0.25) is 21.8 Å². The maximum Gasteiger partial charge on any atom is 0.238 e. The van der Waals surface area contributed by atoms with Gasteiger partial charge in [0.1, 0.15) is 0 Å². The molecule has 3 aromatic rings. The summed E-state index contributed by atoms with van der Waals surface area (Å²) in [7, 11) is -3.75. The molecule has 0 atom stereocenters. The Hall–Kier alpha value is -2.82. The molecule has 1 aromatic heterocycles. The van der Waals surface area contributed by atoms with E-state index in [0.29, 0.717) is 16.4 Å². The van der Waals surface area contributed by atoms with Gasteiger partial charge in [-0.15, -0.1) is 0 Å². The molecule has 0 saturated carbocycles. The zero-order chi connectivity index (χ0) is 19.6. The molecule has 0 unspecified atom stereocenters. The minimum absolute atomic E-state index is 0.00252. The van der Waals surface area contributed by atoms with Crippen molar-refractivity contribution in [3.8, 4) is 0 Å². The first-order valence-corrected chi connectivity index (χ1v) is 10.2. The molecule has 0 saturated heterocycles. The molecule has 3 rings (SSSR count). The van der Waals surface area contributed by atoms with Gasteiger partial charge < -0.3 is 10.6 Å². The number of nitrogens with zero attached hydrogens (tertiary/aromatic N) is 1. The SMILES string of the molecule is CC(=O)Nc1nc2ccc(NC(=O)Cc3ccc(S(N)(=O)=O)cc3)cc2s1. The lowest BCUT2D eigenvalue weighted by molar-refractivity contribution is -0.116. The molecule has 2 amide bonds. The third-order valence-electron chi connectivity index (χ3n) is 3.57. The predicted octanol–water partition coefficient (Wildman–Crippen LogP) is 2.08. The average molecular weight is 404 g/mol. The number of carbonyl (C=O) groups is 2. The molecule has 0 aliphatic rings. The molecule has 0 aliphatic carbocycles. The number of rotatable bonds is 5. The van der Waals surface area contributed by atoms with Crippen LogP contribution in [0.4, 0.5) is 10.8 Å². The number of carbonyl (C=O) groups excluding carboxylic acids is 2. The largest absolute Gasteiger partial charge is 0.326 e. The van der Waals surface area contributed by atoms with E-state index in [1.54, 1.807) is 30.3 Å². The van der Waals surface area contributed by atoms with E-state index in [1.165, 1.54) is 30.4 Å². The number of nitrogens with one attached hydrogen (secondary N) is 2. The van der Waals surface area contributed by atoms with Crippen LogP contribution in [-0.4, -0.2) is 25.2 Å². The Kier molecular flexibility index (Phi) is 5.22. The summed E-state index contributed by atoms with van der Waals surface area (Å²) in [5.74, 6) is -0.444. The van der Waals surface area contributed by atoms with Crippen molar-refractivity contribution in [2.24, 2.45) is 5.14 Å². The molecule has 0 fully saturated rings. The summed E-state index contributed by atoms with van der Waals surface area (Å²) in [6.45, 7) is 1.41. The number of thiazole rings is 1. The van der Waals surface area contributed by atoms with Crippen molar-refractivity contribution in [2.45, 2.75) is 18.2 Å². The van der Waals surface area contributed by atoms with E-state index >= 15 is 0 Å². The number of fused-ring (bicyclic) bond motifs is 1. The molecule has 4 N–H and O–H groups in total. The van der Waals surface area contributed by atoms with Crippen molar-refractivity contribution >= 4 is 54.2 Å². The van der Waals surface area contributed by atoms with E-state index in [2.05, 4.69) is 15.6 Å². The van der Waals surface area contributed by atoms with Gasteiger partial charge in [0.15, 0.2) is 5.13 Å². The Balaban J connectivity index is 1.69. The Morgan fingerprint density at radius 2 is 1.81 bits per heavy atom. The lowest BCUT2D eigenvalue weighted by atomic mass is 10.1. The summed E-state index contributed by atoms with van der Waals surface area (Å²) in [5, 5.41) is 11.0. The van der Waals surface area contributed by atoms with Crippen molar-refractivity contribution in [3.63, 3.8) is 0 Å². The highest BCUT2D eigenvalue weighted by Crippen LogP contribution is 2.28. The Labute approximate surface area is 159 Å². The van der Waals surface area contributed by atoms with E-state index in [4.69, 9.17) is 5.14 Å². The van der Waals surface area contributed by atoms with Gasteiger partial charge in [-0.3, -0.25) is 9.59 Å². The van der Waals surface area contributed by atoms with Crippen LogP contribution in [0.5, 0.6) is 0 Å². The molecule has 27 heavy (non-hydrogen) atoms. The molecule has 0 aliphatic heterocycles. The molecule has 8 nitrogen and oxygen atoms in total. The van der Waals surface area contributed by atoms with Crippen LogP contribution in [0.15, 0.2) is 47.4 Å². The highest BCUT2D eigenvalue weighted by Gasteiger charge is 2.10. The number of primary sulfonamides is 1. The predicted molar refractivity (Wildman–Crippen MR) is 104 cm³/mol. The van der Waals surface area contributed by atoms with E-state index in [0.717, 1.165) is 10.2 Å². The van der Waals surface area contributed by atoms with Crippen LogP contribution in [0, 0.1) is 0 Å². The van der Waals surface area contributed by atoms with Crippen LogP contribution in [0.1, 0.15) is 12.5 Å². The van der Waals surface area contributed by atoms with Crippen molar-refractivity contribution in [1.82, 2.24) is 4.98 Å². The first kappa shape index (κ1) is 19.0. The Morgan fingerprint density at radius 1 is 1.11 bits per heavy atom. The maximum atomic E-state index is 12.2. The van der Waals surface area contributed by atoms with Gasteiger partial charge in [0.25, 0.3) is 0 Å². The highest BCUT2D eigenvalue weighted by molar-refractivity contribution is 7.89. The van der Waals surface area contributed by atoms with Gasteiger partial charge in [-0.05, 0) is 35.9 Å². The van der Waals surface area contributed by atoms with Crippen LogP contribution in [-0.2, 0) is 26.0 Å². The fourth-order valence-corrected chi connectivity index (χ4v) is 3.86. The molecular weight excluding hydrogens is 388 g/mol. The molecule has 140 valence electrons. The lowest BCUT2D eigenvalue weighted by Crippen LogP contribution is -2.15. The fourth-order valence-electron chi connectivity index (χ4n) is 2.39. The first-order valence-electron chi connectivity index (χ1n) is 7.80. The van der Waals surface area contributed by atoms with Crippen molar-refractivity contribution in [3.05, 3.63) is 48.0 Å². The number of benzene rings is 2. The fraction of sp³-hybridized carbons (Fsp3) is 0.118. The van der Waals surface area contributed by atoms with Crippen LogP contribution in [0.25, 0.3) is 10.2 Å². The standard InChI is InChI=1S/C17H16N4O4S2/c1-10(22)19-17-21-14-7-4-12(9-15(14)26-17)20-16(23)8-11-2-5-13(6-3-11)27(18,24)25/h2-7,9H,8H2,1H3,(H,20,23)(H2,18,24,25)(H,19,21,22). The van der Waals surface area contributed by atoms with Crippen molar-refractivity contribution in [1.29, 1.82) is 0 Å². The molecule has 0 radical (unpaired) electrons. The average Bonchev–Trinajstić information content (AvgIpc) is 2.95. The van der Waals surface area contributed by atoms with Crippen LogP contribution in [0.2, 0.25) is 0 Å². The minimum Gasteiger partial charge on any atom is -0.326 e. The topological polar surface area (TPSA) is 131 Å². The van der Waals surface area contributed by atoms with Crippen LogP contribution >= 0.6 is 11.3 Å². The van der Waals surface area contributed by atoms with Gasteiger partial charge >= 0.3 is 0 Å². The van der Waals surface area contributed by atoms with Gasteiger partial charge in [-0.25, -0.2) is 18.5 Å². The lowest BCUT2D eigenvalue weighted by Gasteiger charge is -2.06. The molecule has 0 spiro atoms. The van der Waals surface area contributed by atoms with Crippen molar-refractivity contribution < 1.29 is 18.0 Å². The number of hydrogen-bond donors (Lipinski definition) is 3.